The highest BCUT2D eigenvalue weighted by Gasteiger charge is 2.15. The van der Waals surface area contributed by atoms with E-state index < -0.39 is 0 Å². The van der Waals surface area contributed by atoms with Crippen LogP contribution < -0.4 is 10.6 Å². The van der Waals surface area contributed by atoms with E-state index >= 15 is 0 Å². The quantitative estimate of drug-likeness (QED) is 0.735. The molecule has 0 aliphatic heterocycles. The third-order valence-corrected chi connectivity index (χ3v) is 4.46. The Hall–Kier alpha value is -2.33. The van der Waals surface area contributed by atoms with Gasteiger partial charge in [-0.2, -0.15) is 0 Å². The Bertz CT molecular complexity index is 800. The molecule has 132 valence electrons. The maximum atomic E-state index is 12.3. The van der Waals surface area contributed by atoms with E-state index in [1.54, 1.807) is 18.2 Å². The number of anilines is 2. The molecule has 0 atom stereocenters. The van der Waals surface area contributed by atoms with E-state index in [0.29, 0.717) is 10.7 Å². The van der Waals surface area contributed by atoms with Crippen LogP contribution in [-0.4, -0.2) is 11.8 Å². The lowest BCUT2D eigenvalue weighted by Gasteiger charge is -2.16. The Kier molecular flexibility index (Phi) is 6.21. The smallest absolute Gasteiger partial charge is 0.233 e. The standard InChI is InChI=1S/C20H23ClN2O2/c1-12(2)15-8-5-7-13(3)20(15)23-19(25)11-18(24)22-17-10-6-9-16(21)14(17)4/h5-10,12H,11H2,1-4H3,(H,22,24)(H,23,25). The Labute approximate surface area is 153 Å². The number of para-hydroxylation sites is 1. The van der Waals surface area contributed by atoms with Gasteiger partial charge in [0.2, 0.25) is 11.8 Å². The van der Waals surface area contributed by atoms with Crippen LogP contribution in [0.1, 0.15) is 42.9 Å². The lowest BCUT2D eigenvalue weighted by Crippen LogP contribution is -2.22. The molecule has 0 saturated carbocycles. The fourth-order valence-corrected chi connectivity index (χ4v) is 2.78. The second-order valence-electron chi connectivity index (χ2n) is 6.38. The molecule has 0 aliphatic carbocycles. The van der Waals surface area contributed by atoms with Crippen molar-refractivity contribution in [3.63, 3.8) is 0 Å². The maximum absolute atomic E-state index is 12.3. The molecule has 0 heterocycles. The predicted molar refractivity (Wildman–Crippen MR) is 103 cm³/mol. The second-order valence-corrected chi connectivity index (χ2v) is 6.79. The summed E-state index contributed by atoms with van der Waals surface area (Å²) >= 11 is 6.04. The third kappa shape index (κ3) is 4.83. The summed E-state index contributed by atoms with van der Waals surface area (Å²) in [5.41, 5.74) is 4.21. The second kappa shape index (κ2) is 8.17. The Morgan fingerprint density at radius 2 is 1.64 bits per heavy atom. The lowest BCUT2D eigenvalue weighted by atomic mass is 9.98. The largest absolute Gasteiger partial charge is 0.325 e. The van der Waals surface area contributed by atoms with Crippen LogP contribution >= 0.6 is 11.6 Å². The topological polar surface area (TPSA) is 58.2 Å². The first kappa shape index (κ1) is 19.0. The minimum Gasteiger partial charge on any atom is -0.325 e. The first-order valence-electron chi connectivity index (χ1n) is 8.24. The number of halogens is 1. The predicted octanol–water partition coefficient (Wildman–Crippen LogP) is 5.05. The Morgan fingerprint density at radius 1 is 1.00 bits per heavy atom. The van der Waals surface area contributed by atoms with Gasteiger partial charge in [0, 0.05) is 16.4 Å². The highest BCUT2D eigenvalue weighted by molar-refractivity contribution is 6.31. The van der Waals surface area contributed by atoms with Gasteiger partial charge >= 0.3 is 0 Å². The molecule has 25 heavy (non-hydrogen) atoms. The molecular weight excluding hydrogens is 336 g/mol. The summed E-state index contributed by atoms with van der Waals surface area (Å²) < 4.78 is 0. The minimum atomic E-state index is -0.373. The number of carbonyl (C=O) groups is 2. The van der Waals surface area contributed by atoms with Crippen LogP contribution in [-0.2, 0) is 9.59 Å². The average Bonchev–Trinajstić information content (AvgIpc) is 2.53. The molecule has 2 aromatic carbocycles. The minimum absolute atomic E-state index is 0.252. The van der Waals surface area contributed by atoms with Gasteiger partial charge in [0.25, 0.3) is 0 Å². The van der Waals surface area contributed by atoms with E-state index in [1.165, 1.54) is 0 Å². The van der Waals surface area contributed by atoms with Gasteiger partial charge in [0.15, 0.2) is 0 Å². The lowest BCUT2D eigenvalue weighted by molar-refractivity contribution is -0.123. The van der Waals surface area contributed by atoms with Crippen molar-refractivity contribution in [1.29, 1.82) is 0 Å². The zero-order chi connectivity index (χ0) is 18.6. The molecule has 0 aromatic heterocycles. The van der Waals surface area contributed by atoms with E-state index in [0.717, 1.165) is 22.4 Å². The molecule has 0 spiro atoms. The van der Waals surface area contributed by atoms with Gasteiger partial charge in [-0.3, -0.25) is 9.59 Å². The summed E-state index contributed by atoms with van der Waals surface area (Å²) in [6, 6.07) is 11.2. The average molecular weight is 359 g/mol. The number of hydrogen-bond acceptors (Lipinski definition) is 2. The van der Waals surface area contributed by atoms with Crippen molar-refractivity contribution >= 4 is 34.8 Å². The number of rotatable bonds is 5. The molecule has 2 aromatic rings. The first-order valence-corrected chi connectivity index (χ1v) is 8.61. The van der Waals surface area contributed by atoms with Gasteiger partial charge in [-0.15, -0.1) is 0 Å². The molecule has 5 heteroatoms. The maximum Gasteiger partial charge on any atom is 0.233 e. The van der Waals surface area contributed by atoms with Crippen LogP contribution in [0.2, 0.25) is 5.02 Å². The van der Waals surface area contributed by atoms with Gasteiger partial charge in [0.1, 0.15) is 6.42 Å². The molecule has 2 amide bonds. The third-order valence-electron chi connectivity index (χ3n) is 4.05. The first-order chi connectivity index (χ1) is 11.8. The number of hydrogen-bond donors (Lipinski definition) is 2. The Balaban J connectivity index is 2.06. The molecule has 0 unspecified atom stereocenters. The van der Waals surface area contributed by atoms with Crippen molar-refractivity contribution in [2.45, 2.75) is 40.0 Å². The van der Waals surface area contributed by atoms with Gasteiger partial charge in [0.05, 0.1) is 0 Å². The van der Waals surface area contributed by atoms with Crippen LogP contribution in [0, 0.1) is 13.8 Å². The molecular formula is C20H23ClN2O2. The van der Waals surface area contributed by atoms with E-state index in [9.17, 15) is 9.59 Å². The Morgan fingerprint density at radius 3 is 2.32 bits per heavy atom. The van der Waals surface area contributed by atoms with Crippen LogP contribution in [0.5, 0.6) is 0 Å². The highest BCUT2D eigenvalue weighted by Crippen LogP contribution is 2.27. The highest BCUT2D eigenvalue weighted by atomic mass is 35.5. The van der Waals surface area contributed by atoms with Crippen LogP contribution in [0.15, 0.2) is 36.4 Å². The summed E-state index contributed by atoms with van der Waals surface area (Å²) in [4.78, 5) is 24.5. The SMILES string of the molecule is Cc1cccc(C(C)C)c1NC(=O)CC(=O)Nc1cccc(Cl)c1C. The summed E-state index contributed by atoms with van der Waals surface area (Å²) in [6.45, 7) is 7.90. The van der Waals surface area contributed by atoms with Crippen LogP contribution in [0.3, 0.4) is 0 Å². The van der Waals surface area contributed by atoms with E-state index in [2.05, 4.69) is 24.5 Å². The van der Waals surface area contributed by atoms with Crippen molar-refractivity contribution in [3.8, 4) is 0 Å². The van der Waals surface area contributed by atoms with Crippen molar-refractivity contribution in [3.05, 3.63) is 58.1 Å². The van der Waals surface area contributed by atoms with Crippen molar-refractivity contribution < 1.29 is 9.59 Å². The monoisotopic (exact) mass is 358 g/mol. The molecule has 0 fully saturated rings. The van der Waals surface area contributed by atoms with Gasteiger partial charge in [-0.1, -0.05) is 49.7 Å². The number of benzene rings is 2. The normalized spacial score (nSPS) is 10.6. The number of amides is 2. The molecule has 0 saturated heterocycles. The van der Waals surface area contributed by atoms with Crippen LogP contribution in [0.4, 0.5) is 11.4 Å². The van der Waals surface area contributed by atoms with Gasteiger partial charge in [-0.25, -0.2) is 0 Å². The van der Waals surface area contributed by atoms with E-state index in [1.807, 2.05) is 32.0 Å². The molecule has 0 bridgehead atoms. The van der Waals surface area contributed by atoms with E-state index in [4.69, 9.17) is 11.6 Å². The van der Waals surface area contributed by atoms with Gasteiger partial charge < -0.3 is 10.6 Å². The fourth-order valence-electron chi connectivity index (χ4n) is 2.61. The van der Waals surface area contributed by atoms with Gasteiger partial charge in [-0.05, 0) is 48.6 Å². The summed E-state index contributed by atoms with van der Waals surface area (Å²) in [5.74, 6) is -0.436. The zero-order valence-electron chi connectivity index (χ0n) is 14.9. The summed E-state index contributed by atoms with van der Waals surface area (Å²) in [5, 5.41) is 6.19. The molecule has 0 aliphatic rings. The van der Waals surface area contributed by atoms with Crippen molar-refractivity contribution in [1.82, 2.24) is 0 Å². The number of nitrogens with one attached hydrogen (secondary N) is 2. The zero-order valence-corrected chi connectivity index (χ0v) is 15.7. The number of carbonyl (C=O) groups excluding carboxylic acids is 2. The van der Waals surface area contributed by atoms with Crippen molar-refractivity contribution in [2.75, 3.05) is 10.6 Å². The summed E-state index contributed by atoms with van der Waals surface area (Å²) in [6.07, 6.45) is -0.252. The molecule has 2 rings (SSSR count). The summed E-state index contributed by atoms with van der Waals surface area (Å²) in [7, 11) is 0. The number of aryl methyl sites for hydroxylation is 1. The van der Waals surface area contributed by atoms with E-state index in [-0.39, 0.29) is 24.2 Å². The molecule has 2 N–H and O–H groups in total. The molecule has 4 nitrogen and oxygen atoms in total. The molecule has 0 radical (unpaired) electrons. The van der Waals surface area contributed by atoms with Crippen molar-refractivity contribution in [2.24, 2.45) is 0 Å². The fraction of sp³-hybridized carbons (Fsp3) is 0.300. The van der Waals surface area contributed by atoms with Crippen LogP contribution in [0.25, 0.3) is 0 Å².